The van der Waals surface area contributed by atoms with Crippen LogP contribution >= 0.6 is 0 Å². The fourth-order valence-electron chi connectivity index (χ4n) is 2.50. The molecule has 2 N–H and O–H groups in total. The van der Waals surface area contributed by atoms with Crippen LogP contribution in [0.3, 0.4) is 0 Å². The monoisotopic (exact) mass is 344 g/mol. The highest BCUT2D eigenvalue weighted by Gasteiger charge is 2.22. The van der Waals surface area contributed by atoms with Crippen molar-refractivity contribution in [2.24, 2.45) is 0 Å². The van der Waals surface area contributed by atoms with Crippen molar-refractivity contribution in [2.75, 3.05) is 11.4 Å². The molecule has 4 aromatic rings. The molecule has 0 saturated carbocycles. The molecule has 8 nitrogen and oxygen atoms in total. The molecule has 0 fully saturated rings. The van der Waals surface area contributed by atoms with Crippen LogP contribution in [0.4, 0.5) is 5.69 Å². The lowest BCUT2D eigenvalue weighted by molar-refractivity contribution is 0.554. The van der Waals surface area contributed by atoms with Gasteiger partial charge in [0.1, 0.15) is 0 Å². The summed E-state index contributed by atoms with van der Waals surface area (Å²) >= 11 is 0. The van der Waals surface area contributed by atoms with E-state index in [-0.39, 0.29) is 10.5 Å². The van der Waals surface area contributed by atoms with Gasteiger partial charge < -0.3 is 9.40 Å². The van der Waals surface area contributed by atoms with E-state index in [1.54, 1.807) is 24.5 Å². The summed E-state index contributed by atoms with van der Waals surface area (Å²) in [7, 11) is -2.34. The molecule has 24 heavy (non-hydrogen) atoms. The van der Waals surface area contributed by atoms with Crippen LogP contribution in [0.2, 0.25) is 0 Å². The Bertz CT molecular complexity index is 1220. The highest BCUT2D eigenvalue weighted by atomic mass is 32.2. The molecular weight excluding hydrogens is 332 g/mol. The summed E-state index contributed by atoms with van der Waals surface area (Å²) < 4.78 is 31.8. The number of aromatic amines is 2. The van der Waals surface area contributed by atoms with Crippen LogP contribution in [0.1, 0.15) is 0 Å². The maximum absolute atomic E-state index is 12.8. The van der Waals surface area contributed by atoms with Crippen LogP contribution in [0.25, 0.3) is 22.1 Å². The lowest BCUT2D eigenvalue weighted by Gasteiger charge is -2.19. The lowest BCUT2D eigenvalue weighted by Crippen LogP contribution is -2.26. The van der Waals surface area contributed by atoms with Gasteiger partial charge in [0, 0.05) is 13.1 Å². The van der Waals surface area contributed by atoms with E-state index in [0.717, 1.165) is 11.0 Å². The Morgan fingerprint density at radius 3 is 2.79 bits per heavy atom. The SMILES string of the molecule is CN(c1ccc2nc[nH]c2c1)S(=O)(=O)c1ccc2[nH]c(=O)oc2c1. The van der Waals surface area contributed by atoms with Gasteiger partial charge in [0.2, 0.25) is 0 Å². The first kappa shape index (κ1) is 14.5. The Morgan fingerprint density at radius 2 is 1.96 bits per heavy atom. The molecule has 0 aliphatic heterocycles. The molecule has 9 heteroatoms. The number of aromatic nitrogens is 3. The first-order valence-corrected chi connectivity index (χ1v) is 8.44. The van der Waals surface area contributed by atoms with Crippen molar-refractivity contribution in [2.45, 2.75) is 4.90 Å². The van der Waals surface area contributed by atoms with Gasteiger partial charge in [0.05, 0.1) is 33.5 Å². The minimum atomic E-state index is -3.80. The number of anilines is 1. The number of benzene rings is 2. The number of oxazole rings is 1. The van der Waals surface area contributed by atoms with Crippen molar-refractivity contribution >= 4 is 37.8 Å². The van der Waals surface area contributed by atoms with Gasteiger partial charge in [-0.3, -0.25) is 9.29 Å². The third-order valence-electron chi connectivity index (χ3n) is 3.82. The third kappa shape index (κ3) is 2.17. The average Bonchev–Trinajstić information content (AvgIpc) is 3.17. The standard InChI is InChI=1S/C15H12N4O4S/c1-19(9-2-4-11-13(6-9)17-8-16-11)24(21,22)10-3-5-12-14(7-10)23-15(20)18-12/h2-8H,1H3,(H,16,17)(H,18,20). The lowest BCUT2D eigenvalue weighted by atomic mass is 10.3. The number of H-pyrrole nitrogens is 2. The van der Waals surface area contributed by atoms with Gasteiger partial charge in [-0.25, -0.2) is 18.2 Å². The van der Waals surface area contributed by atoms with Crippen LogP contribution in [-0.4, -0.2) is 30.4 Å². The van der Waals surface area contributed by atoms with E-state index in [2.05, 4.69) is 15.0 Å². The molecule has 0 unspecified atom stereocenters. The van der Waals surface area contributed by atoms with E-state index in [1.165, 1.54) is 29.6 Å². The van der Waals surface area contributed by atoms with E-state index in [1.807, 2.05) is 0 Å². The van der Waals surface area contributed by atoms with Crippen molar-refractivity contribution in [1.82, 2.24) is 15.0 Å². The summed E-state index contributed by atoms with van der Waals surface area (Å²) in [5.41, 5.74) is 2.61. The largest absolute Gasteiger partial charge is 0.417 e. The number of nitrogens with zero attached hydrogens (tertiary/aromatic N) is 2. The van der Waals surface area contributed by atoms with Crippen LogP contribution in [0, 0.1) is 0 Å². The fourth-order valence-corrected chi connectivity index (χ4v) is 3.71. The summed E-state index contributed by atoms with van der Waals surface area (Å²) in [5.74, 6) is -0.627. The molecule has 0 aliphatic carbocycles. The van der Waals surface area contributed by atoms with E-state index in [4.69, 9.17) is 4.42 Å². The van der Waals surface area contributed by atoms with Gasteiger partial charge >= 0.3 is 5.76 Å². The molecule has 122 valence electrons. The number of fused-ring (bicyclic) bond motifs is 2. The summed E-state index contributed by atoms with van der Waals surface area (Å²) in [6.45, 7) is 0. The van der Waals surface area contributed by atoms with Crippen LogP contribution < -0.4 is 10.1 Å². The van der Waals surface area contributed by atoms with Crippen molar-refractivity contribution in [3.05, 3.63) is 53.3 Å². The first-order valence-electron chi connectivity index (χ1n) is 7.00. The summed E-state index contributed by atoms with van der Waals surface area (Å²) in [6, 6.07) is 9.37. The van der Waals surface area contributed by atoms with E-state index >= 15 is 0 Å². The normalized spacial score (nSPS) is 12.0. The van der Waals surface area contributed by atoms with Gasteiger partial charge in [-0.1, -0.05) is 0 Å². The molecule has 0 radical (unpaired) electrons. The van der Waals surface area contributed by atoms with Crippen LogP contribution in [-0.2, 0) is 10.0 Å². The highest BCUT2D eigenvalue weighted by molar-refractivity contribution is 7.92. The predicted octanol–water partition coefficient (Wildman–Crippen LogP) is 1.82. The Morgan fingerprint density at radius 1 is 1.12 bits per heavy atom. The van der Waals surface area contributed by atoms with Crippen molar-refractivity contribution in [3.63, 3.8) is 0 Å². The Kier molecular flexibility index (Phi) is 3.00. The zero-order valence-corrected chi connectivity index (χ0v) is 13.3. The Balaban J connectivity index is 1.80. The number of hydrogen-bond acceptors (Lipinski definition) is 5. The molecular formula is C15H12N4O4S. The van der Waals surface area contributed by atoms with Crippen molar-refractivity contribution in [3.8, 4) is 0 Å². The van der Waals surface area contributed by atoms with E-state index in [0.29, 0.717) is 11.2 Å². The maximum atomic E-state index is 12.8. The summed E-state index contributed by atoms with van der Waals surface area (Å²) in [4.78, 5) is 20.8. The fraction of sp³-hybridized carbons (Fsp3) is 0.0667. The molecule has 4 rings (SSSR count). The predicted molar refractivity (Wildman–Crippen MR) is 88.5 cm³/mol. The molecule has 0 amide bonds. The Labute approximate surface area is 135 Å². The van der Waals surface area contributed by atoms with Crippen LogP contribution in [0.15, 0.2) is 56.8 Å². The zero-order chi connectivity index (χ0) is 16.9. The molecule has 2 aromatic heterocycles. The molecule has 2 aromatic carbocycles. The topological polar surface area (TPSA) is 112 Å². The number of nitrogens with one attached hydrogen (secondary N) is 2. The number of hydrogen-bond donors (Lipinski definition) is 2. The molecule has 0 spiro atoms. The quantitative estimate of drug-likeness (QED) is 0.589. The smallest absolute Gasteiger partial charge is 0.408 e. The molecule has 2 heterocycles. The molecule has 0 saturated heterocycles. The molecule has 0 bridgehead atoms. The van der Waals surface area contributed by atoms with Gasteiger partial charge in [-0.15, -0.1) is 0 Å². The van der Waals surface area contributed by atoms with Gasteiger partial charge in [-0.2, -0.15) is 0 Å². The van der Waals surface area contributed by atoms with Crippen molar-refractivity contribution < 1.29 is 12.8 Å². The number of rotatable bonds is 3. The average molecular weight is 344 g/mol. The first-order chi connectivity index (χ1) is 11.4. The molecule has 0 atom stereocenters. The highest BCUT2D eigenvalue weighted by Crippen LogP contribution is 2.26. The Hall–Kier alpha value is -3.07. The maximum Gasteiger partial charge on any atom is 0.417 e. The van der Waals surface area contributed by atoms with Gasteiger partial charge in [0.15, 0.2) is 5.58 Å². The third-order valence-corrected chi connectivity index (χ3v) is 5.60. The minimum Gasteiger partial charge on any atom is -0.408 e. The minimum absolute atomic E-state index is 0.0324. The number of sulfonamides is 1. The molecule has 0 aliphatic rings. The van der Waals surface area contributed by atoms with E-state index in [9.17, 15) is 13.2 Å². The second-order valence-electron chi connectivity index (χ2n) is 5.25. The summed E-state index contributed by atoms with van der Waals surface area (Å²) in [5, 5.41) is 0. The second kappa shape index (κ2) is 4.96. The van der Waals surface area contributed by atoms with Crippen molar-refractivity contribution in [1.29, 1.82) is 0 Å². The van der Waals surface area contributed by atoms with Gasteiger partial charge in [-0.05, 0) is 30.3 Å². The van der Waals surface area contributed by atoms with Gasteiger partial charge in [0.25, 0.3) is 10.0 Å². The van der Waals surface area contributed by atoms with E-state index < -0.39 is 15.8 Å². The van der Waals surface area contributed by atoms with Crippen LogP contribution in [0.5, 0.6) is 0 Å². The number of imidazole rings is 1. The summed E-state index contributed by atoms with van der Waals surface area (Å²) in [6.07, 6.45) is 1.55. The second-order valence-corrected chi connectivity index (χ2v) is 7.22. The zero-order valence-electron chi connectivity index (χ0n) is 12.5.